The first-order chi connectivity index (χ1) is 16.3. The first-order valence-corrected chi connectivity index (χ1v) is 12.1. The Morgan fingerprint density at radius 2 is 1.82 bits per heavy atom. The van der Waals surface area contributed by atoms with Crippen molar-refractivity contribution >= 4 is 23.4 Å². The zero-order chi connectivity index (χ0) is 24.6. The monoisotopic (exact) mass is 469 g/mol. The van der Waals surface area contributed by atoms with Crippen LogP contribution in [-0.2, 0) is 32.8 Å². The molecule has 0 atom stereocenters. The predicted octanol–water partition coefficient (Wildman–Crippen LogP) is 3.35. The smallest absolute Gasteiger partial charge is 0.243 e. The molecular weight excluding hydrogens is 434 g/mol. The van der Waals surface area contributed by atoms with Crippen LogP contribution in [0.15, 0.2) is 28.8 Å². The van der Waals surface area contributed by atoms with Gasteiger partial charge in [-0.3, -0.25) is 14.4 Å². The molecule has 1 fully saturated rings. The summed E-state index contributed by atoms with van der Waals surface area (Å²) in [6.07, 6.45) is 6.95. The van der Waals surface area contributed by atoms with Crippen molar-refractivity contribution in [3.05, 3.63) is 41.5 Å². The third kappa shape index (κ3) is 6.65. The van der Waals surface area contributed by atoms with Gasteiger partial charge in [-0.15, -0.1) is 0 Å². The van der Waals surface area contributed by atoms with E-state index in [0.29, 0.717) is 11.7 Å². The largest absolute Gasteiger partial charge is 0.343 e. The summed E-state index contributed by atoms with van der Waals surface area (Å²) in [5, 5.41) is 10.1. The molecule has 0 bridgehead atoms. The second-order valence-corrected chi connectivity index (χ2v) is 9.00. The van der Waals surface area contributed by atoms with Crippen LogP contribution in [0, 0.1) is 0 Å². The van der Waals surface area contributed by atoms with E-state index in [-0.39, 0.29) is 37.1 Å². The van der Waals surface area contributed by atoms with Crippen LogP contribution in [0.3, 0.4) is 0 Å². The third-order valence-corrected chi connectivity index (χ3v) is 6.30. The molecule has 3 amide bonds. The second-order valence-electron chi connectivity index (χ2n) is 9.00. The van der Waals surface area contributed by atoms with Gasteiger partial charge in [0.2, 0.25) is 23.6 Å². The summed E-state index contributed by atoms with van der Waals surface area (Å²) < 4.78 is 5.42. The highest BCUT2D eigenvalue weighted by Gasteiger charge is 2.38. The van der Waals surface area contributed by atoms with Gasteiger partial charge in [-0.05, 0) is 30.9 Å². The summed E-state index contributed by atoms with van der Waals surface area (Å²) >= 11 is 0. The number of nitrogens with zero attached hydrogens (tertiary/aromatic N) is 3. The Hall–Kier alpha value is -3.23. The first-order valence-electron chi connectivity index (χ1n) is 12.1. The van der Waals surface area contributed by atoms with Crippen LogP contribution in [0.25, 0.3) is 0 Å². The van der Waals surface area contributed by atoms with Gasteiger partial charge in [-0.1, -0.05) is 56.0 Å². The predicted molar refractivity (Wildman–Crippen MR) is 128 cm³/mol. The van der Waals surface area contributed by atoms with Crippen LogP contribution in [0.2, 0.25) is 0 Å². The number of carbonyl (C=O) groups excluding carboxylic acids is 3. The number of carbonyl (C=O) groups is 3. The second kappa shape index (κ2) is 11.8. The number of hydrogen-bond donors (Lipinski definition) is 2. The van der Waals surface area contributed by atoms with Crippen molar-refractivity contribution in [3.63, 3.8) is 0 Å². The minimum atomic E-state index is -0.613. The molecule has 2 N–H and O–H groups in total. The van der Waals surface area contributed by atoms with E-state index in [1.165, 1.54) is 11.8 Å². The zero-order valence-corrected chi connectivity index (χ0v) is 20.4. The van der Waals surface area contributed by atoms with Gasteiger partial charge in [0.15, 0.2) is 5.82 Å². The molecule has 0 saturated heterocycles. The fourth-order valence-electron chi connectivity index (χ4n) is 4.47. The van der Waals surface area contributed by atoms with E-state index in [0.717, 1.165) is 56.2 Å². The fourth-order valence-corrected chi connectivity index (χ4v) is 4.47. The topological polar surface area (TPSA) is 117 Å². The number of anilines is 1. The standard InChI is InChI=1S/C25H35N5O4/c1-4-19-11-7-8-12-20(19)26-21(32)17-30(3)23(33)14-13-22-27-24(29-34-22)25(28-18(2)31)15-9-5-6-10-16-25/h7-8,11-12H,4-6,9-10,13-17H2,1-3H3,(H,26,32)(H,28,31). The van der Waals surface area contributed by atoms with Crippen LogP contribution in [0.1, 0.15) is 76.1 Å². The van der Waals surface area contributed by atoms with Gasteiger partial charge in [0.1, 0.15) is 5.54 Å². The SMILES string of the molecule is CCc1ccccc1NC(=O)CN(C)C(=O)CCc1nc(C2(NC(C)=O)CCCCCC2)no1. The maximum absolute atomic E-state index is 12.6. The normalized spacial score (nSPS) is 15.3. The van der Waals surface area contributed by atoms with Crippen molar-refractivity contribution in [2.45, 2.75) is 77.2 Å². The number of aromatic nitrogens is 2. The van der Waals surface area contributed by atoms with Crippen LogP contribution < -0.4 is 10.6 Å². The van der Waals surface area contributed by atoms with Crippen LogP contribution in [0.4, 0.5) is 5.69 Å². The van der Waals surface area contributed by atoms with Crippen LogP contribution >= 0.6 is 0 Å². The Balaban J connectivity index is 1.55. The number of hydrogen-bond acceptors (Lipinski definition) is 6. The lowest BCUT2D eigenvalue weighted by molar-refractivity contribution is -0.133. The van der Waals surface area contributed by atoms with Crippen molar-refractivity contribution in [2.75, 3.05) is 18.9 Å². The van der Waals surface area contributed by atoms with E-state index in [9.17, 15) is 14.4 Å². The zero-order valence-electron chi connectivity index (χ0n) is 20.4. The quantitative estimate of drug-likeness (QED) is 0.544. The van der Waals surface area contributed by atoms with Crippen molar-refractivity contribution < 1.29 is 18.9 Å². The van der Waals surface area contributed by atoms with E-state index in [1.807, 2.05) is 31.2 Å². The van der Waals surface area contributed by atoms with Gasteiger partial charge in [-0.2, -0.15) is 4.98 Å². The lowest BCUT2D eigenvalue weighted by Crippen LogP contribution is -2.45. The van der Waals surface area contributed by atoms with Crippen LogP contribution in [0.5, 0.6) is 0 Å². The number of benzene rings is 1. The summed E-state index contributed by atoms with van der Waals surface area (Å²) in [4.78, 5) is 42.8. The van der Waals surface area contributed by atoms with Gasteiger partial charge >= 0.3 is 0 Å². The van der Waals surface area contributed by atoms with E-state index in [4.69, 9.17) is 4.52 Å². The number of amides is 3. The summed E-state index contributed by atoms with van der Waals surface area (Å²) in [6, 6.07) is 7.62. The van der Waals surface area contributed by atoms with E-state index < -0.39 is 5.54 Å². The number of rotatable bonds is 9. The molecule has 0 aliphatic heterocycles. The number of nitrogens with one attached hydrogen (secondary N) is 2. The van der Waals surface area contributed by atoms with E-state index in [2.05, 4.69) is 20.8 Å². The maximum Gasteiger partial charge on any atom is 0.243 e. The minimum Gasteiger partial charge on any atom is -0.343 e. The Morgan fingerprint density at radius 1 is 1.12 bits per heavy atom. The lowest BCUT2D eigenvalue weighted by atomic mass is 9.89. The first kappa shape index (κ1) is 25.4. The molecule has 1 aliphatic carbocycles. The number of likely N-dealkylation sites (N-methyl/N-ethyl adjacent to an activating group) is 1. The van der Waals surface area contributed by atoms with Crippen molar-refractivity contribution in [1.29, 1.82) is 0 Å². The number of aryl methyl sites for hydroxylation is 2. The molecule has 1 heterocycles. The highest BCUT2D eigenvalue weighted by atomic mass is 16.5. The molecule has 0 spiro atoms. The highest BCUT2D eigenvalue weighted by molar-refractivity contribution is 5.95. The third-order valence-electron chi connectivity index (χ3n) is 6.30. The van der Waals surface area contributed by atoms with E-state index >= 15 is 0 Å². The maximum atomic E-state index is 12.6. The molecule has 9 heteroatoms. The van der Waals surface area contributed by atoms with E-state index in [1.54, 1.807) is 7.05 Å². The van der Waals surface area contributed by atoms with Crippen molar-refractivity contribution in [2.24, 2.45) is 0 Å². The molecule has 1 aromatic heterocycles. The Morgan fingerprint density at radius 3 is 2.50 bits per heavy atom. The Bertz CT molecular complexity index is 995. The number of para-hydroxylation sites is 1. The minimum absolute atomic E-state index is 0.0440. The molecule has 1 aromatic carbocycles. The summed E-state index contributed by atoms with van der Waals surface area (Å²) in [5.74, 6) is 0.276. The van der Waals surface area contributed by atoms with Gasteiger partial charge in [0.05, 0.1) is 6.54 Å². The molecule has 0 unspecified atom stereocenters. The fraction of sp³-hybridized carbons (Fsp3) is 0.560. The molecule has 184 valence electrons. The molecule has 2 aromatic rings. The van der Waals surface area contributed by atoms with Gasteiger partial charge in [0, 0.05) is 32.5 Å². The Labute approximate surface area is 200 Å². The molecular formula is C25H35N5O4. The van der Waals surface area contributed by atoms with Crippen molar-refractivity contribution in [3.8, 4) is 0 Å². The summed E-state index contributed by atoms with van der Waals surface area (Å²) in [6.45, 7) is 3.48. The molecule has 34 heavy (non-hydrogen) atoms. The average Bonchev–Trinajstić information content (AvgIpc) is 3.17. The molecule has 9 nitrogen and oxygen atoms in total. The average molecular weight is 470 g/mol. The highest BCUT2D eigenvalue weighted by Crippen LogP contribution is 2.34. The summed E-state index contributed by atoms with van der Waals surface area (Å²) in [5.41, 5.74) is 1.20. The van der Waals surface area contributed by atoms with Gasteiger partial charge in [0.25, 0.3) is 0 Å². The van der Waals surface area contributed by atoms with Crippen LogP contribution in [-0.4, -0.2) is 46.4 Å². The van der Waals surface area contributed by atoms with Gasteiger partial charge < -0.3 is 20.1 Å². The molecule has 1 saturated carbocycles. The molecule has 3 rings (SSSR count). The molecule has 1 aliphatic rings. The molecule has 0 radical (unpaired) electrons. The van der Waals surface area contributed by atoms with Crippen molar-refractivity contribution in [1.82, 2.24) is 20.4 Å². The lowest BCUT2D eigenvalue weighted by Gasteiger charge is -2.30. The Kier molecular flexibility index (Phi) is 8.79. The van der Waals surface area contributed by atoms with Gasteiger partial charge in [-0.25, -0.2) is 0 Å². The summed E-state index contributed by atoms with van der Waals surface area (Å²) in [7, 11) is 1.60.